The van der Waals surface area contributed by atoms with E-state index in [2.05, 4.69) is 128 Å². The Morgan fingerprint density at radius 1 is 0.441 bits per heavy atom. The summed E-state index contributed by atoms with van der Waals surface area (Å²) in [6, 6.07) is 46.3. The quantitative estimate of drug-likeness (QED) is 0.176. The largest absolute Gasteiger partial charge is 0.119 e. The smallest absolute Gasteiger partial charge is 0.104 e. The van der Waals surface area contributed by atoms with Gasteiger partial charge in [0.05, 0.1) is 0 Å². The summed E-state index contributed by atoms with van der Waals surface area (Å²) >= 11 is 7.58. The number of alkyl halides is 1. The number of benzene rings is 5. The van der Waals surface area contributed by atoms with Crippen molar-refractivity contribution in [1.82, 2.24) is 0 Å². The molecule has 0 nitrogen and oxygen atoms in total. The zero-order chi connectivity index (χ0) is 23.4. The first-order valence-corrected chi connectivity index (χ1v) is 11.8. The first kappa shape index (κ1) is 21.9. The molecule has 0 unspecified atom stereocenters. The van der Waals surface area contributed by atoms with Crippen molar-refractivity contribution < 1.29 is 0 Å². The van der Waals surface area contributed by atoms with Crippen molar-refractivity contribution in [3.63, 3.8) is 0 Å². The van der Waals surface area contributed by atoms with Crippen molar-refractivity contribution in [2.75, 3.05) is 0 Å². The van der Waals surface area contributed by atoms with Gasteiger partial charge in [-0.15, -0.1) is 11.6 Å². The first-order chi connectivity index (χ1) is 16.7. The molecule has 5 aromatic carbocycles. The average molecular weight is 457 g/mol. The lowest BCUT2D eigenvalue weighted by Gasteiger charge is -2.30. The van der Waals surface area contributed by atoms with Crippen LogP contribution >= 0.6 is 11.6 Å². The van der Waals surface area contributed by atoms with E-state index in [0.717, 1.165) is 22.3 Å². The Bertz CT molecular complexity index is 1280. The Balaban J connectivity index is 1.60. The van der Waals surface area contributed by atoms with Gasteiger partial charge in [-0.1, -0.05) is 146 Å². The highest BCUT2D eigenvalue weighted by Gasteiger charge is 2.34. The molecule has 0 saturated carbocycles. The Hall–Kier alpha value is -3.87. The van der Waals surface area contributed by atoms with Crippen molar-refractivity contribution in [1.29, 1.82) is 0 Å². The zero-order valence-corrected chi connectivity index (χ0v) is 19.6. The molecule has 0 atom stereocenters. The minimum absolute atomic E-state index is 0.815. The molecule has 0 aliphatic heterocycles. The molecule has 5 aromatic rings. The zero-order valence-electron chi connectivity index (χ0n) is 18.9. The molecule has 0 spiro atoms. The Morgan fingerprint density at radius 3 is 1.12 bits per heavy atom. The monoisotopic (exact) mass is 456 g/mol. The van der Waals surface area contributed by atoms with Crippen molar-refractivity contribution in [2.24, 2.45) is 0 Å². The molecule has 0 amide bonds. The maximum atomic E-state index is 7.58. The van der Waals surface area contributed by atoms with Crippen molar-refractivity contribution >= 4 is 17.7 Å². The second-order valence-electron chi connectivity index (χ2n) is 8.37. The summed E-state index contributed by atoms with van der Waals surface area (Å²) in [5, 5.41) is 0. The Kier molecular flexibility index (Phi) is 6.16. The van der Waals surface area contributed by atoms with Gasteiger partial charge in [0.15, 0.2) is 0 Å². The van der Waals surface area contributed by atoms with Gasteiger partial charge in [-0.3, -0.25) is 0 Å². The first-order valence-electron chi connectivity index (χ1n) is 11.4. The van der Waals surface area contributed by atoms with Crippen LogP contribution in [0, 0.1) is 0 Å². The van der Waals surface area contributed by atoms with E-state index in [4.69, 9.17) is 11.6 Å². The van der Waals surface area contributed by atoms with Gasteiger partial charge < -0.3 is 0 Å². The molecule has 164 valence electrons. The fourth-order valence-corrected chi connectivity index (χ4v) is 4.77. The third-order valence-electron chi connectivity index (χ3n) is 6.32. The van der Waals surface area contributed by atoms with E-state index < -0.39 is 4.87 Å². The van der Waals surface area contributed by atoms with Gasteiger partial charge in [-0.05, 0) is 44.5 Å². The molecule has 0 heterocycles. The molecule has 0 aliphatic carbocycles. The minimum atomic E-state index is -0.815. The van der Waals surface area contributed by atoms with E-state index in [1.807, 2.05) is 18.2 Å². The van der Waals surface area contributed by atoms with Crippen LogP contribution in [-0.4, -0.2) is 0 Å². The summed E-state index contributed by atoms with van der Waals surface area (Å²) in [6.45, 7) is 3.88. The third kappa shape index (κ3) is 4.21. The molecular weight excluding hydrogens is 432 g/mol. The lowest BCUT2D eigenvalue weighted by atomic mass is 9.82. The van der Waals surface area contributed by atoms with Gasteiger partial charge in [0.25, 0.3) is 0 Å². The summed E-state index contributed by atoms with van der Waals surface area (Å²) in [7, 11) is 0. The van der Waals surface area contributed by atoms with E-state index in [1.54, 1.807) is 0 Å². The fraction of sp³-hybridized carbons (Fsp3) is 0.0303. The molecule has 0 radical (unpaired) electrons. The van der Waals surface area contributed by atoms with Crippen LogP contribution in [0.5, 0.6) is 0 Å². The average Bonchev–Trinajstić information content (AvgIpc) is 2.94. The number of rotatable bonds is 6. The van der Waals surface area contributed by atoms with Gasteiger partial charge in [-0.2, -0.15) is 0 Å². The van der Waals surface area contributed by atoms with Crippen molar-refractivity contribution in [2.45, 2.75) is 4.87 Å². The van der Waals surface area contributed by atoms with Crippen LogP contribution in [0.25, 0.3) is 28.3 Å². The molecular formula is C33H25Cl. The number of hydrogen-bond acceptors (Lipinski definition) is 0. The van der Waals surface area contributed by atoms with Crippen molar-refractivity contribution in [3.05, 3.63) is 162 Å². The summed E-state index contributed by atoms with van der Waals surface area (Å²) in [5.74, 6) is 0. The second-order valence-corrected chi connectivity index (χ2v) is 8.94. The van der Waals surface area contributed by atoms with Gasteiger partial charge in [-0.25, -0.2) is 0 Å². The van der Waals surface area contributed by atoms with Crippen LogP contribution in [0.4, 0.5) is 0 Å². The third-order valence-corrected chi connectivity index (χ3v) is 6.98. The maximum absolute atomic E-state index is 7.58. The van der Waals surface area contributed by atoms with E-state index >= 15 is 0 Å². The molecule has 0 fully saturated rings. The van der Waals surface area contributed by atoms with Gasteiger partial charge in [0.2, 0.25) is 0 Å². The molecule has 1 heteroatoms. The van der Waals surface area contributed by atoms with E-state index in [1.165, 1.54) is 22.3 Å². The molecule has 0 saturated heterocycles. The SMILES string of the molecule is C=Cc1ccc(C(Cl)(c2ccc(-c3ccccc3)cc2)c2ccc(-c3ccccc3)cc2)cc1. The van der Waals surface area contributed by atoms with Crippen molar-refractivity contribution in [3.8, 4) is 22.3 Å². The number of halogens is 1. The lowest BCUT2D eigenvalue weighted by Crippen LogP contribution is -2.22. The lowest BCUT2D eigenvalue weighted by molar-refractivity contribution is 0.880. The molecule has 0 aromatic heterocycles. The fourth-order valence-electron chi connectivity index (χ4n) is 4.39. The normalized spacial score (nSPS) is 11.2. The van der Waals surface area contributed by atoms with Crippen LogP contribution in [0.3, 0.4) is 0 Å². The van der Waals surface area contributed by atoms with E-state index in [0.29, 0.717) is 0 Å². The summed E-state index contributed by atoms with van der Waals surface area (Å²) in [4.78, 5) is -0.815. The van der Waals surface area contributed by atoms with Gasteiger partial charge >= 0.3 is 0 Å². The second kappa shape index (κ2) is 9.55. The Labute approximate surface area is 206 Å². The van der Waals surface area contributed by atoms with E-state index in [-0.39, 0.29) is 0 Å². The predicted octanol–water partition coefficient (Wildman–Crippen LogP) is 9.19. The topological polar surface area (TPSA) is 0 Å². The summed E-state index contributed by atoms with van der Waals surface area (Å²) in [5.41, 5.74) is 8.89. The summed E-state index contributed by atoms with van der Waals surface area (Å²) < 4.78 is 0. The minimum Gasteiger partial charge on any atom is -0.104 e. The Morgan fingerprint density at radius 2 is 0.765 bits per heavy atom. The number of hydrogen-bond donors (Lipinski definition) is 0. The highest BCUT2D eigenvalue weighted by molar-refractivity contribution is 6.28. The highest BCUT2D eigenvalue weighted by Crippen LogP contribution is 2.44. The van der Waals surface area contributed by atoms with E-state index in [9.17, 15) is 0 Å². The van der Waals surface area contributed by atoms with Crippen LogP contribution in [-0.2, 0) is 4.87 Å². The van der Waals surface area contributed by atoms with Crippen LogP contribution in [0.2, 0.25) is 0 Å². The van der Waals surface area contributed by atoms with Crippen LogP contribution in [0.1, 0.15) is 22.3 Å². The van der Waals surface area contributed by atoms with Gasteiger partial charge in [0, 0.05) is 0 Å². The summed E-state index contributed by atoms with van der Waals surface area (Å²) in [6.07, 6.45) is 1.85. The molecule has 5 rings (SSSR count). The molecule has 0 aliphatic rings. The van der Waals surface area contributed by atoms with Gasteiger partial charge in [0.1, 0.15) is 4.87 Å². The van der Waals surface area contributed by atoms with Crippen LogP contribution < -0.4 is 0 Å². The maximum Gasteiger partial charge on any atom is 0.119 e. The molecule has 34 heavy (non-hydrogen) atoms. The molecule has 0 N–H and O–H groups in total. The predicted molar refractivity (Wildman–Crippen MR) is 146 cm³/mol. The highest BCUT2D eigenvalue weighted by atomic mass is 35.5. The van der Waals surface area contributed by atoms with Crippen LogP contribution in [0.15, 0.2) is 140 Å². The standard InChI is InChI=1S/C33H25Cl/c1-2-25-13-19-30(20-14-25)33(34,31-21-15-28(16-22-31)26-9-5-3-6-10-26)32-23-17-29(18-24-32)27-11-7-4-8-12-27/h2-24H,1H2. The molecule has 0 bridgehead atoms.